The fourth-order valence-electron chi connectivity index (χ4n) is 2.50. The Balaban J connectivity index is 2.65. The molecule has 0 aliphatic carbocycles. The first-order chi connectivity index (χ1) is 9.08. The summed E-state index contributed by atoms with van der Waals surface area (Å²) in [7, 11) is 1.69. The van der Waals surface area contributed by atoms with Crippen LogP contribution in [0.2, 0.25) is 0 Å². The zero-order valence-electron chi connectivity index (χ0n) is 12.0. The Morgan fingerprint density at radius 2 is 2.00 bits per heavy atom. The Morgan fingerprint density at radius 3 is 2.63 bits per heavy atom. The van der Waals surface area contributed by atoms with Crippen molar-refractivity contribution in [2.45, 2.75) is 27.2 Å². The highest BCUT2D eigenvalue weighted by Gasteiger charge is 2.18. The molecular formula is C15H21N3O. The minimum atomic E-state index is 0.612. The van der Waals surface area contributed by atoms with Crippen LogP contribution in [0.25, 0.3) is 11.3 Å². The number of ether oxygens (including phenoxy) is 1. The first-order valence-corrected chi connectivity index (χ1v) is 6.48. The van der Waals surface area contributed by atoms with Crippen LogP contribution in [0.1, 0.15) is 22.4 Å². The van der Waals surface area contributed by atoms with E-state index in [2.05, 4.69) is 30.1 Å². The number of aromatic nitrogens is 2. The molecule has 0 aliphatic heterocycles. The molecule has 0 atom stereocenters. The number of hydrogen-bond acceptors (Lipinski definition) is 3. The third kappa shape index (κ3) is 2.49. The van der Waals surface area contributed by atoms with Gasteiger partial charge in [-0.1, -0.05) is 6.07 Å². The number of nitrogens with zero attached hydrogens (tertiary/aromatic N) is 1. The van der Waals surface area contributed by atoms with Crippen LogP contribution in [0.5, 0.6) is 5.75 Å². The fourth-order valence-corrected chi connectivity index (χ4v) is 2.50. The van der Waals surface area contributed by atoms with Gasteiger partial charge in [-0.2, -0.15) is 5.10 Å². The van der Waals surface area contributed by atoms with Gasteiger partial charge < -0.3 is 10.5 Å². The lowest BCUT2D eigenvalue weighted by atomic mass is 9.97. The van der Waals surface area contributed by atoms with Gasteiger partial charge in [0.2, 0.25) is 0 Å². The van der Waals surface area contributed by atoms with Crippen LogP contribution in [-0.4, -0.2) is 23.9 Å². The van der Waals surface area contributed by atoms with Crippen molar-refractivity contribution in [3.05, 3.63) is 34.5 Å². The van der Waals surface area contributed by atoms with Gasteiger partial charge in [-0.3, -0.25) is 5.10 Å². The number of aromatic amines is 1. The highest BCUT2D eigenvalue weighted by Crippen LogP contribution is 2.35. The minimum Gasteiger partial charge on any atom is -0.496 e. The molecule has 1 aromatic heterocycles. The van der Waals surface area contributed by atoms with Crippen molar-refractivity contribution >= 4 is 0 Å². The minimum absolute atomic E-state index is 0.612. The summed E-state index contributed by atoms with van der Waals surface area (Å²) in [4.78, 5) is 0. The van der Waals surface area contributed by atoms with Crippen LogP contribution >= 0.6 is 0 Å². The molecule has 0 saturated heterocycles. The second-order valence-corrected chi connectivity index (χ2v) is 4.87. The number of hydrogen-bond donors (Lipinski definition) is 2. The van der Waals surface area contributed by atoms with Crippen LogP contribution in [0.3, 0.4) is 0 Å². The lowest BCUT2D eigenvalue weighted by Gasteiger charge is -2.13. The largest absolute Gasteiger partial charge is 0.496 e. The molecule has 3 N–H and O–H groups in total. The Hall–Kier alpha value is -1.81. The molecule has 4 heteroatoms. The van der Waals surface area contributed by atoms with Gasteiger partial charge in [0.25, 0.3) is 0 Å². The first-order valence-electron chi connectivity index (χ1n) is 6.48. The van der Waals surface area contributed by atoms with Crippen LogP contribution in [0.4, 0.5) is 0 Å². The number of nitrogens with two attached hydrogens (primary N) is 1. The monoisotopic (exact) mass is 259 g/mol. The molecule has 2 rings (SSSR count). The average molecular weight is 259 g/mol. The molecule has 19 heavy (non-hydrogen) atoms. The molecule has 2 aromatic rings. The fraction of sp³-hybridized carbons (Fsp3) is 0.400. The quantitative estimate of drug-likeness (QED) is 0.886. The molecule has 0 radical (unpaired) electrons. The molecule has 4 nitrogen and oxygen atoms in total. The average Bonchev–Trinajstić information content (AvgIpc) is 2.71. The highest BCUT2D eigenvalue weighted by atomic mass is 16.5. The molecule has 102 valence electrons. The Kier molecular flexibility index (Phi) is 3.90. The number of nitrogens with one attached hydrogen (secondary N) is 1. The lowest BCUT2D eigenvalue weighted by Crippen LogP contribution is -2.05. The van der Waals surface area contributed by atoms with Gasteiger partial charge in [0.1, 0.15) is 5.75 Å². The Morgan fingerprint density at radius 1 is 1.26 bits per heavy atom. The third-order valence-electron chi connectivity index (χ3n) is 3.37. The second-order valence-electron chi connectivity index (χ2n) is 4.87. The van der Waals surface area contributed by atoms with Gasteiger partial charge in [-0.05, 0) is 50.9 Å². The molecule has 1 heterocycles. The highest BCUT2D eigenvalue weighted by molar-refractivity contribution is 5.74. The molecule has 0 spiro atoms. The van der Waals surface area contributed by atoms with Crippen LogP contribution in [0, 0.1) is 20.8 Å². The maximum atomic E-state index is 5.70. The van der Waals surface area contributed by atoms with E-state index in [9.17, 15) is 0 Å². The van der Waals surface area contributed by atoms with Crippen LogP contribution in [0.15, 0.2) is 12.1 Å². The summed E-state index contributed by atoms with van der Waals surface area (Å²) in [5.74, 6) is 0.863. The molecule has 0 bridgehead atoms. The van der Waals surface area contributed by atoms with E-state index in [0.717, 1.165) is 29.1 Å². The van der Waals surface area contributed by atoms with Crippen molar-refractivity contribution in [2.75, 3.05) is 13.7 Å². The van der Waals surface area contributed by atoms with E-state index < -0.39 is 0 Å². The summed E-state index contributed by atoms with van der Waals surface area (Å²) >= 11 is 0. The molecule has 0 amide bonds. The van der Waals surface area contributed by atoms with E-state index in [1.54, 1.807) is 7.11 Å². The normalized spacial score (nSPS) is 10.8. The number of H-pyrrole nitrogens is 1. The van der Waals surface area contributed by atoms with Gasteiger partial charge in [0, 0.05) is 16.8 Å². The smallest absolute Gasteiger partial charge is 0.128 e. The number of methoxy groups -OCH3 is 1. The Bertz CT molecular complexity index is 587. The van der Waals surface area contributed by atoms with Gasteiger partial charge in [0.05, 0.1) is 12.8 Å². The predicted octanol–water partition coefficient (Wildman–Crippen LogP) is 2.51. The third-order valence-corrected chi connectivity index (χ3v) is 3.37. The van der Waals surface area contributed by atoms with Crippen LogP contribution < -0.4 is 10.5 Å². The van der Waals surface area contributed by atoms with Gasteiger partial charge in [0.15, 0.2) is 0 Å². The summed E-state index contributed by atoms with van der Waals surface area (Å²) in [6.07, 6.45) is 0.814. The van der Waals surface area contributed by atoms with Gasteiger partial charge in [-0.25, -0.2) is 0 Å². The summed E-state index contributed by atoms with van der Waals surface area (Å²) in [6, 6.07) is 4.19. The molecule has 0 aliphatic rings. The zero-order chi connectivity index (χ0) is 14.0. The van der Waals surface area contributed by atoms with Crippen LogP contribution in [-0.2, 0) is 6.42 Å². The predicted molar refractivity (Wildman–Crippen MR) is 77.5 cm³/mol. The molecule has 1 aromatic carbocycles. The summed E-state index contributed by atoms with van der Waals surface area (Å²) in [6.45, 7) is 6.79. The number of rotatable bonds is 4. The molecule has 0 fully saturated rings. The number of aryl methyl sites for hydroxylation is 3. The van der Waals surface area contributed by atoms with Crippen molar-refractivity contribution in [1.82, 2.24) is 10.2 Å². The second kappa shape index (κ2) is 5.45. The van der Waals surface area contributed by atoms with Crippen molar-refractivity contribution in [3.8, 4) is 17.0 Å². The van der Waals surface area contributed by atoms with Crippen molar-refractivity contribution < 1.29 is 4.74 Å². The Labute approximate surface area is 114 Å². The van der Waals surface area contributed by atoms with E-state index in [1.165, 1.54) is 16.7 Å². The zero-order valence-corrected chi connectivity index (χ0v) is 12.0. The van der Waals surface area contributed by atoms with E-state index in [-0.39, 0.29) is 0 Å². The van der Waals surface area contributed by atoms with E-state index in [0.29, 0.717) is 6.54 Å². The molecule has 0 unspecified atom stereocenters. The van der Waals surface area contributed by atoms with Crippen molar-refractivity contribution in [1.29, 1.82) is 0 Å². The van der Waals surface area contributed by atoms with Crippen molar-refractivity contribution in [2.24, 2.45) is 5.73 Å². The maximum Gasteiger partial charge on any atom is 0.128 e. The first kappa shape index (κ1) is 13.6. The molecule has 0 saturated carbocycles. The van der Waals surface area contributed by atoms with Gasteiger partial charge in [-0.15, -0.1) is 0 Å². The lowest BCUT2D eigenvalue weighted by molar-refractivity contribution is 0.415. The van der Waals surface area contributed by atoms with E-state index in [4.69, 9.17) is 10.5 Å². The molecular weight excluding hydrogens is 238 g/mol. The summed E-state index contributed by atoms with van der Waals surface area (Å²) < 4.78 is 5.52. The SMILES string of the molecule is COc1cc(C)cc(C)c1-c1n[nH]c(C)c1CCN. The topological polar surface area (TPSA) is 63.9 Å². The summed E-state index contributed by atoms with van der Waals surface area (Å²) in [5.41, 5.74) is 12.3. The summed E-state index contributed by atoms with van der Waals surface area (Å²) in [5, 5.41) is 7.50. The maximum absolute atomic E-state index is 5.70. The standard InChI is InChI=1S/C15H21N3O/c1-9-7-10(2)14(13(8-9)19-4)15-12(5-6-16)11(3)17-18-15/h7-8H,5-6,16H2,1-4H3,(H,17,18). The van der Waals surface area contributed by atoms with Crippen molar-refractivity contribution in [3.63, 3.8) is 0 Å². The van der Waals surface area contributed by atoms with E-state index >= 15 is 0 Å². The van der Waals surface area contributed by atoms with Gasteiger partial charge >= 0.3 is 0 Å². The van der Waals surface area contributed by atoms with E-state index in [1.807, 2.05) is 13.0 Å². The number of benzene rings is 1.